The van der Waals surface area contributed by atoms with Gasteiger partial charge in [0.2, 0.25) is 5.91 Å². The molecule has 0 saturated heterocycles. The molecular formula is C16H19N3O3S. The summed E-state index contributed by atoms with van der Waals surface area (Å²) in [5.74, 6) is -0.422. The van der Waals surface area contributed by atoms with E-state index in [1.165, 1.54) is 12.4 Å². The molecule has 1 aromatic carbocycles. The van der Waals surface area contributed by atoms with Gasteiger partial charge in [-0.1, -0.05) is 44.2 Å². The van der Waals surface area contributed by atoms with Crippen LogP contribution < -0.4 is 4.72 Å². The number of nitrogens with one attached hydrogen (secondary N) is 1. The Bertz CT molecular complexity index is 747. The Morgan fingerprint density at radius 3 is 2.43 bits per heavy atom. The fourth-order valence-electron chi connectivity index (χ4n) is 2.31. The van der Waals surface area contributed by atoms with Crippen LogP contribution in [0.1, 0.15) is 31.7 Å². The summed E-state index contributed by atoms with van der Waals surface area (Å²) in [5, 5.41) is -0.269. The Labute approximate surface area is 136 Å². The number of nitrogens with zero attached hydrogens (tertiary/aromatic N) is 2. The lowest BCUT2D eigenvalue weighted by molar-refractivity contribution is -0.119. The van der Waals surface area contributed by atoms with E-state index in [0.29, 0.717) is 0 Å². The average Bonchev–Trinajstić information content (AvgIpc) is 2.53. The first-order chi connectivity index (χ1) is 10.9. The molecule has 0 aliphatic rings. The normalized spacial score (nSPS) is 12.8. The SMILES string of the molecule is CC(C)C(CC(=O)NS(=O)(=O)c1cnccn1)c1ccccc1. The van der Waals surface area contributed by atoms with Crippen LogP contribution in [0.4, 0.5) is 0 Å². The number of carbonyl (C=O) groups is 1. The van der Waals surface area contributed by atoms with E-state index in [0.717, 1.165) is 11.8 Å². The van der Waals surface area contributed by atoms with Gasteiger partial charge in [-0.05, 0) is 17.4 Å². The summed E-state index contributed by atoms with van der Waals surface area (Å²) in [6.45, 7) is 4.00. The van der Waals surface area contributed by atoms with Gasteiger partial charge in [-0.15, -0.1) is 0 Å². The maximum atomic E-state index is 12.2. The van der Waals surface area contributed by atoms with E-state index in [9.17, 15) is 13.2 Å². The van der Waals surface area contributed by atoms with Crippen molar-refractivity contribution in [2.45, 2.75) is 31.2 Å². The molecule has 0 spiro atoms. The summed E-state index contributed by atoms with van der Waals surface area (Å²) in [6.07, 6.45) is 3.82. The van der Waals surface area contributed by atoms with Crippen LogP contribution in [-0.2, 0) is 14.8 Å². The Morgan fingerprint density at radius 2 is 1.87 bits per heavy atom. The summed E-state index contributed by atoms with van der Waals surface area (Å²) >= 11 is 0. The van der Waals surface area contributed by atoms with Crippen LogP contribution in [0.5, 0.6) is 0 Å². The number of amides is 1. The molecule has 1 unspecified atom stereocenters. The van der Waals surface area contributed by atoms with Crippen LogP contribution >= 0.6 is 0 Å². The number of hydrogen-bond donors (Lipinski definition) is 1. The van der Waals surface area contributed by atoms with Crippen molar-refractivity contribution in [2.24, 2.45) is 5.92 Å². The van der Waals surface area contributed by atoms with Gasteiger partial charge in [0.05, 0.1) is 6.20 Å². The van der Waals surface area contributed by atoms with Gasteiger partial charge in [-0.25, -0.2) is 9.71 Å². The summed E-state index contributed by atoms with van der Waals surface area (Å²) in [5.41, 5.74) is 1.01. The lowest BCUT2D eigenvalue weighted by Gasteiger charge is -2.20. The number of sulfonamides is 1. The van der Waals surface area contributed by atoms with Crippen LogP contribution in [0.15, 0.2) is 53.9 Å². The zero-order valence-electron chi connectivity index (χ0n) is 13.0. The van der Waals surface area contributed by atoms with E-state index in [1.54, 1.807) is 0 Å². The number of benzene rings is 1. The third-order valence-electron chi connectivity index (χ3n) is 3.50. The maximum absolute atomic E-state index is 12.2. The second-order valence-electron chi connectivity index (χ2n) is 5.54. The number of aromatic nitrogens is 2. The van der Waals surface area contributed by atoms with Crippen molar-refractivity contribution < 1.29 is 13.2 Å². The van der Waals surface area contributed by atoms with Crippen molar-refractivity contribution in [2.75, 3.05) is 0 Å². The smallest absolute Gasteiger partial charge is 0.274 e. The monoisotopic (exact) mass is 333 g/mol. The van der Waals surface area contributed by atoms with Crippen LogP contribution in [0.2, 0.25) is 0 Å². The van der Waals surface area contributed by atoms with Crippen LogP contribution in [0.25, 0.3) is 0 Å². The predicted molar refractivity (Wildman–Crippen MR) is 86.0 cm³/mol. The Morgan fingerprint density at radius 1 is 1.17 bits per heavy atom. The highest BCUT2D eigenvalue weighted by Crippen LogP contribution is 2.27. The first-order valence-electron chi connectivity index (χ1n) is 7.27. The van der Waals surface area contributed by atoms with Crippen molar-refractivity contribution in [3.8, 4) is 0 Å². The number of rotatable bonds is 6. The first-order valence-corrected chi connectivity index (χ1v) is 8.75. The summed E-state index contributed by atoms with van der Waals surface area (Å²) in [7, 11) is -3.99. The van der Waals surface area contributed by atoms with Crippen LogP contribution in [0.3, 0.4) is 0 Å². The molecule has 7 heteroatoms. The largest absolute Gasteiger partial charge is 0.283 e. The van der Waals surface area contributed by atoms with Crippen molar-refractivity contribution >= 4 is 15.9 Å². The van der Waals surface area contributed by atoms with Gasteiger partial charge >= 0.3 is 0 Å². The molecule has 2 rings (SSSR count). The van der Waals surface area contributed by atoms with E-state index in [1.807, 2.05) is 44.2 Å². The number of hydrogen-bond acceptors (Lipinski definition) is 5. The molecule has 0 aliphatic carbocycles. The van der Waals surface area contributed by atoms with Crippen molar-refractivity contribution in [1.29, 1.82) is 0 Å². The average molecular weight is 333 g/mol. The molecule has 0 radical (unpaired) electrons. The van der Waals surface area contributed by atoms with Gasteiger partial charge in [-0.3, -0.25) is 9.78 Å². The highest BCUT2D eigenvalue weighted by molar-refractivity contribution is 7.90. The fraction of sp³-hybridized carbons (Fsp3) is 0.312. The Hall–Kier alpha value is -2.28. The van der Waals surface area contributed by atoms with Gasteiger partial charge in [0.15, 0.2) is 5.03 Å². The minimum atomic E-state index is -3.99. The van der Waals surface area contributed by atoms with Crippen LogP contribution in [-0.4, -0.2) is 24.3 Å². The summed E-state index contributed by atoms with van der Waals surface area (Å²) < 4.78 is 26.3. The topological polar surface area (TPSA) is 89.0 Å². The van der Waals surface area contributed by atoms with Gasteiger partial charge in [-0.2, -0.15) is 8.42 Å². The van der Waals surface area contributed by atoms with Gasteiger partial charge < -0.3 is 0 Å². The maximum Gasteiger partial charge on any atom is 0.283 e. The summed E-state index contributed by atoms with van der Waals surface area (Å²) in [4.78, 5) is 19.6. The highest BCUT2D eigenvalue weighted by atomic mass is 32.2. The van der Waals surface area contributed by atoms with E-state index in [2.05, 4.69) is 14.7 Å². The number of carbonyl (C=O) groups excluding carboxylic acids is 1. The zero-order chi connectivity index (χ0) is 16.9. The molecule has 0 aliphatic heterocycles. The molecule has 122 valence electrons. The molecule has 0 saturated carbocycles. The Balaban J connectivity index is 2.11. The van der Waals surface area contributed by atoms with Crippen LogP contribution in [0, 0.1) is 5.92 Å². The van der Waals surface area contributed by atoms with Gasteiger partial charge in [0, 0.05) is 18.8 Å². The third kappa shape index (κ3) is 4.59. The molecular weight excluding hydrogens is 314 g/mol. The lowest BCUT2D eigenvalue weighted by atomic mass is 9.86. The lowest BCUT2D eigenvalue weighted by Crippen LogP contribution is -2.32. The molecule has 2 aromatic rings. The van der Waals surface area contributed by atoms with E-state index >= 15 is 0 Å². The Kier molecular flexibility index (Phi) is 5.44. The minimum absolute atomic E-state index is 0.0618. The minimum Gasteiger partial charge on any atom is -0.274 e. The molecule has 23 heavy (non-hydrogen) atoms. The second-order valence-corrected chi connectivity index (χ2v) is 7.17. The predicted octanol–water partition coefficient (Wildman–Crippen LogP) is 2.11. The van der Waals surface area contributed by atoms with E-state index in [-0.39, 0.29) is 23.3 Å². The van der Waals surface area contributed by atoms with Crippen molar-refractivity contribution in [3.05, 3.63) is 54.5 Å². The summed E-state index contributed by atoms with van der Waals surface area (Å²) in [6, 6.07) is 9.58. The van der Waals surface area contributed by atoms with E-state index < -0.39 is 15.9 Å². The molecule has 1 aromatic heterocycles. The highest BCUT2D eigenvalue weighted by Gasteiger charge is 2.24. The molecule has 6 nitrogen and oxygen atoms in total. The molecule has 1 N–H and O–H groups in total. The van der Waals surface area contributed by atoms with E-state index in [4.69, 9.17) is 0 Å². The standard InChI is InChI=1S/C16H19N3O3S/c1-12(2)14(13-6-4-3-5-7-13)10-15(20)19-23(21,22)16-11-17-8-9-18-16/h3-9,11-12,14H,10H2,1-2H3,(H,19,20). The molecule has 0 bridgehead atoms. The third-order valence-corrected chi connectivity index (χ3v) is 4.76. The molecule has 1 heterocycles. The quantitative estimate of drug-likeness (QED) is 0.874. The second kappa shape index (κ2) is 7.32. The zero-order valence-corrected chi connectivity index (χ0v) is 13.8. The molecule has 1 atom stereocenters. The van der Waals surface area contributed by atoms with Gasteiger partial charge in [0.1, 0.15) is 0 Å². The fourth-order valence-corrected chi connectivity index (χ4v) is 3.19. The first kappa shape index (κ1) is 17.1. The molecule has 1 amide bonds. The van der Waals surface area contributed by atoms with Gasteiger partial charge in [0.25, 0.3) is 10.0 Å². The molecule has 0 fully saturated rings. The van der Waals surface area contributed by atoms with Crippen molar-refractivity contribution in [1.82, 2.24) is 14.7 Å². The van der Waals surface area contributed by atoms with Crippen molar-refractivity contribution in [3.63, 3.8) is 0 Å².